The molecule has 0 N–H and O–H groups in total. The number of aromatic nitrogens is 1. The zero-order chi connectivity index (χ0) is 24.0. The molecule has 176 valence electrons. The van der Waals surface area contributed by atoms with Gasteiger partial charge < -0.3 is 18.6 Å². The first-order valence-electron chi connectivity index (χ1n) is 11.6. The number of fused-ring (bicyclic) bond motifs is 5. The third kappa shape index (κ3) is 4.06. The van der Waals surface area contributed by atoms with Crippen molar-refractivity contribution in [1.29, 1.82) is 0 Å². The van der Waals surface area contributed by atoms with Crippen molar-refractivity contribution in [3.63, 3.8) is 0 Å². The lowest BCUT2D eigenvalue weighted by molar-refractivity contribution is -0.133. The lowest BCUT2D eigenvalue weighted by Crippen LogP contribution is -2.49. The summed E-state index contributed by atoms with van der Waals surface area (Å²) in [5.74, 6) is 0.887. The minimum atomic E-state index is -0.496. The second-order valence-electron chi connectivity index (χ2n) is 9.57. The third-order valence-corrected chi connectivity index (χ3v) is 6.90. The summed E-state index contributed by atoms with van der Waals surface area (Å²) in [6.07, 6.45) is 0.971. The summed E-state index contributed by atoms with van der Waals surface area (Å²) >= 11 is 0. The van der Waals surface area contributed by atoms with E-state index >= 15 is 0 Å². The molecule has 2 atom stereocenters. The van der Waals surface area contributed by atoms with Crippen LogP contribution in [0.1, 0.15) is 36.1 Å². The molecule has 2 aromatic heterocycles. The summed E-state index contributed by atoms with van der Waals surface area (Å²) in [5, 5.41) is 0.786. The number of piperidine rings is 1. The average molecular weight is 461 g/mol. The predicted molar refractivity (Wildman–Crippen MR) is 129 cm³/mol. The van der Waals surface area contributed by atoms with Gasteiger partial charge in [-0.15, -0.1) is 0 Å². The van der Waals surface area contributed by atoms with E-state index in [-0.39, 0.29) is 29.7 Å². The van der Waals surface area contributed by atoms with Gasteiger partial charge in [0.05, 0.1) is 12.0 Å². The Balaban J connectivity index is 1.37. The first-order valence-corrected chi connectivity index (χ1v) is 11.6. The predicted octanol–water partition coefficient (Wildman–Crippen LogP) is 3.41. The Morgan fingerprint density at radius 1 is 1.18 bits per heavy atom. The van der Waals surface area contributed by atoms with Crippen LogP contribution in [0.2, 0.25) is 0 Å². The van der Waals surface area contributed by atoms with Crippen molar-refractivity contribution in [1.82, 2.24) is 9.47 Å². The SMILES string of the molecule is C=C(C)COc1ccc2c(C)c(CC(=O)N3C[C@H]4C[C@@H](C3)c3cccc(=O)n3C4)c(=O)oc2c1. The first-order chi connectivity index (χ1) is 16.3. The van der Waals surface area contributed by atoms with Gasteiger partial charge in [0.1, 0.15) is 17.9 Å². The number of hydrogen-bond donors (Lipinski definition) is 0. The molecule has 1 aromatic carbocycles. The molecular weight excluding hydrogens is 432 g/mol. The summed E-state index contributed by atoms with van der Waals surface area (Å²) in [4.78, 5) is 40.2. The number of carbonyl (C=O) groups excluding carboxylic acids is 1. The number of nitrogens with zero attached hydrogens (tertiary/aromatic N) is 2. The average Bonchev–Trinajstić information content (AvgIpc) is 2.80. The van der Waals surface area contributed by atoms with E-state index in [0.717, 1.165) is 28.6 Å². The van der Waals surface area contributed by atoms with Crippen LogP contribution in [0.4, 0.5) is 0 Å². The summed E-state index contributed by atoms with van der Waals surface area (Å²) in [6.45, 7) is 9.72. The smallest absolute Gasteiger partial charge is 0.340 e. The molecule has 4 heterocycles. The van der Waals surface area contributed by atoms with Crippen LogP contribution >= 0.6 is 0 Å². The number of amides is 1. The number of pyridine rings is 1. The minimum absolute atomic E-state index is 0.000940. The molecule has 0 spiro atoms. The van der Waals surface area contributed by atoms with Crippen molar-refractivity contribution in [3.8, 4) is 5.75 Å². The van der Waals surface area contributed by atoms with Crippen LogP contribution in [-0.4, -0.2) is 35.1 Å². The van der Waals surface area contributed by atoms with Crippen molar-refractivity contribution >= 4 is 16.9 Å². The van der Waals surface area contributed by atoms with Gasteiger partial charge in [-0.3, -0.25) is 9.59 Å². The third-order valence-electron chi connectivity index (χ3n) is 6.90. The van der Waals surface area contributed by atoms with Gasteiger partial charge in [0, 0.05) is 48.8 Å². The van der Waals surface area contributed by atoms with Gasteiger partial charge in [0.25, 0.3) is 5.56 Å². The van der Waals surface area contributed by atoms with Crippen LogP contribution in [0.25, 0.3) is 11.0 Å². The number of rotatable bonds is 5. The molecule has 0 radical (unpaired) electrons. The highest BCUT2D eigenvalue weighted by Gasteiger charge is 2.36. The summed E-state index contributed by atoms with van der Waals surface area (Å²) in [7, 11) is 0. The zero-order valence-electron chi connectivity index (χ0n) is 19.5. The fourth-order valence-electron chi connectivity index (χ4n) is 5.24. The number of ether oxygens (including phenoxy) is 1. The molecule has 0 aliphatic carbocycles. The normalized spacial score (nSPS) is 19.1. The molecule has 7 nitrogen and oxygen atoms in total. The molecule has 0 saturated carbocycles. The van der Waals surface area contributed by atoms with Crippen LogP contribution in [0.5, 0.6) is 5.75 Å². The summed E-state index contributed by atoms with van der Waals surface area (Å²) in [6, 6.07) is 10.7. The molecular formula is C27H28N2O5. The number of hydrogen-bond acceptors (Lipinski definition) is 5. The Hall–Kier alpha value is -3.61. The number of carbonyl (C=O) groups is 1. The van der Waals surface area contributed by atoms with Crippen LogP contribution in [0.15, 0.2) is 62.6 Å². The molecule has 7 heteroatoms. The molecule has 1 saturated heterocycles. The minimum Gasteiger partial charge on any atom is -0.489 e. The fourth-order valence-corrected chi connectivity index (χ4v) is 5.24. The maximum atomic E-state index is 13.3. The molecule has 2 aliphatic heterocycles. The summed E-state index contributed by atoms with van der Waals surface area (Å²) < 4.78 is 13.1. The van der Waals surface area contributed by atoms with Gasteiger partial charge in [0.2, 0.25) is 5.91 Å². The van der Waals surface area contributed by atoms with Gasteiger partial charge in [-0.2, -0.15) is 0 Å². The van der Waals surface area contributed by atoms with Gasteiger partial charge in [-0.25, -0.2) is 4.79 Å². The van der Waals surface area contributed by atoms with Gasteiger partial charge in [0.15, 0.2) is 0 Å². The topological polar surface area (TPSA) is 81.8 Å². The van der Waals surface area contributed by atoms with Crippen LogP contribution < -0.4 is 15.9 Å². The molecule has 5 rings (SSSR count). The highest BCUT2D eigenvalue weighted by molar-refractivity contribution is 5.85. The molecule has 2 bridgehead atoms. The van der Waals surface area contributed by atoms with E-state index in [0.29, 0.717) is 43.1 Å². The number of benzene rings is 1. The van der Waals surface area contributed by atoms with Gasteiger partial charge in [-0.1, -0.05) is 12.6 Å². The van der Waals surface area contributed by atoms with Crippen LogP contribution in [0, 0.1) is 12.8 Å². The quantitative estimate of drug-likeness (QED) is 0.431. The second-order valence-corrected chi connectivity index (χ2v) is 9.57. The zero-order valence-corrected chi connectivity index (χ0v) is 19.5. The van der Waals surface area contributed by atoms with Gasteiger partial charge >= 0.3 is 5.63 Å². The van der Waals surface area contributed by atoms with Crippen molar-refractivity contribution in [2.45, 2.75) is 39.2 Å². The Morgan fingerprint density at radius 2 is 2.00 bits per heavy atom. The standard InChI is InChI=1S/C27H28N2O5/c1-16(2)15-33-20-7-8-21-17(3)22(27(32)34-24(21)10-20)11-26(31)28-12-18-9-19(14-28)23-5-4-6-25(30)29(23)13-18/h4-8,10,18-19H,1,9,11-15H2,2-3H3/t18-,19+/m1/s1. The number of aryl methyl sites for hydroxylation is 1. The molecule has 3 aromatic rings. The monoisotopic (exact) mass is 460 g/mol. The lowest BCUT2D eigenvalue weighted by atomic mass is 9.83. The number of likely N-dealkylation sites (tertiary alicyclic amines) is 1. The molecule has 34 heavy (non-hydrogen) atoms. The maximum absolute atomic E-state index is 13.3. The molecule has 0 unspecified atom stereocenters. The Kier molecular flexibility index (Phi) is 5.63. The van der Waals surface area contributed by atoms with Crippen molar-refractivity contribution in [2.24, 2.45) is 5.92 Å². The van der Waals surface area contributed by atoms with E-state index in [4.69, 9.17) is 9.15 Å². The van der Waals surface area contributed by atoms with E-state index in [9.17, 15) is 14.4 Å². The summed E-state index contributed by atoms with van der Waals surface area (Å²) in [5.41, 5.74) is 2.98. The largest absolute Gasteiger partial charge is 0.489 e. The van der Waals surface area contributed by atoms with E-state index < -0.39 is 5.63 Å². The Labute approximate surface area is 197 Å². The Morgan fingerprint density at radius 3 is 2.79 bits per heavy atom. The van der Waals surface area contributed by atoms with Crippen molar-refractivity contribution in [3.05, 3.63) is 86.1 Å². The van der Waals surface area contributed by atoms with Crippen LogP contribution in [-0.2, 0) is 17.8 Å². The highest BCUT2D eigenvalue weighted by Crippen LogP contribution is 2.35. The van der Waals surface area contributed by atoms with Crippen molar-refractivity contribution < 1.29 is 13.9 Å². The molecule has 2 aliphatic rings. The van der Waals surface area contributed by atoms with E-state index in [1.807, 2.05) is 41.5 Å². The van der Waals surface area contributed by atoms with Gasteiger partial charge in [-0.05, 0) is 55.5 Å². The van der Waals surface area contributed by atoms with Crippen molar-refractivity contribution in [2.75, 3.05) is 19.7 Å². The highest BCUT2D eigenvalue weighted by atomic mass is 16.5. The molecule has 1 amide bonds. The first kappa shape index (κ1) is 22.2. The van der Waals surface area contributed by atoms with Crippen LogP contribution in [0.3, 0.4) is 0 Å². The maximum Gasteiger partial charge on any atom is 0.340 e. The van der Waals surface area contributed by atoms with E-state index in [2.05, 4.69) is 6.58 Å². The fraction of sp³-hybridized carbons (Fsp3) is 0.370. The van der Waals surface area contributed by atoms with E-state index in [1.165, 1.54) is 0 Å². The molecule has 1 fully saturated rings. The van der Waals surface area contributed by atoms with E-state index in [1.54, 1.807) is 18.2 Å². The lowest BCUT2D eigenvalue weighted by Gasteiger charge is -2.42. The second kappa shape index (κ2) is 8.63. The Bertz CT molecular complexity index is 1420.